The van der Waals surface area contributed by atoms with Crippen LogP contribution in [-0.2, 0) is 0 Å². The zero-order valence-corrected chi connectivity index (χ0v) is 11.8. The fourth-order valence-corrected chi connectivity index (χ4v) is 2.77. The smallest absolute Gasteiger partial charge is 0.231 e. The molecule has 1 aromatic carbocycles. The molecule has 0 spiro atoms. The lowest BCUT2D eigenvalue weighted by atomic mass is 10.00. The van der Waals surface area contributed by atoms with E-state index in [1.165, 1.54) is 12.1 Å². The predicted molar refractivity (Wildman–Crippen MR) is 72.2 cm³/mol. The van der Waals surface area contributed by atoms with Gasteiger partial charge in [-0.3, -0.25) is 0 Å². The lowest BCUT2D eigenvalue weighted by Crippen LogP contribution is -2.28. The van der Waals surface area contributed by atoms with Crippen molar-refractivity contribution in [3.63, 3.8) is 0 Å². The molecule has 1 fully saturated rings. The Morgan fingerprint density at radius 1 is 1.42 bits per heavy atom. The van der Waals surface area contributed by atoms with Crippen molar-refractivity contribution in [3.05, 3.63) is 34.4 Å². The largest absolute Gasteiger partial charge is 0.339 e. The summed E-state index contributed by atoms with van der Waals surface area (Å²) in [6, 6.07) is 4.43. The van der Waals surface area contributed by atoms with Gasteiger partial charge in [-0.15, -0.1) is 0 Å². The van der Waals surface area contributed by atoms with E-state index in [0.717, 1.165) is 31.5 Å². The Hall–Kier alpha value is -1.27. The highest BCUT2D eigenvalue weighted by molar-refractivity contribution is 9.10. The second-order valence-electron chi connectivity index (χ2n) is 4.62. The summed E-state index contributed by atoms with van der Waals surface area (Å²) in [5.74, 6) is 1.12. The molecule has 19 heavy (non-hydrogen) atoms. The third kappa shape index (κ3) is 2.69. The first-order chi connectivity index (χ1) is 9.24. The standard InChI is InChI=1S/C13H13BrFN3O/c14-11-6-9(15)3-4-10(11)12-17-13(19-18-12)8-2-1-5-16-7-8/h3-4,6,8,16H,1-2,5,7H2. The molecule has 3 rings (SSSR count). The molecule has 0 amide bonds. The van der Waals surface area contributed by atoms with E-state index in [9.17, 15) is 4.39 Å². The van der Waals surface area contributed by atoms with Crippen LogP contribution in [-0.4, -0.2) is 23.2 Å². The minimum atomic E-state index is -0.296. The Balaban J connectivity index is 1.87. The van der Waals surface area contributed by atoms with Crippen LogP contribution in [0.4, 0.5) is 4.39 Å². The third-order valence-electron chi connectivity index (χ3n) is 3.26. The number of aromatic nitrogens is 2. The number of hydrogen-bond acceptors (Lipinski definition) is 4. The molecule has 6 heteroatoms. The molecule has 1 unspecified atom stereocenters. The van der Waals surface area contributed by atoms with Crippen LogP contribution in [0.1, 0.15) is 24.7 Å². The molecule has 4 nitrogen and oxygen atoms in total. The average Bonchev–Trinajstić information content (AvgIpc) is 2.89. The summed E-state index contributed by atoms with van der Waals surface area (Å²) in [5, 5.41) is 7.30. The van der Waals surface area contributed by atoms with E-state index in [1.54, 1.807) is 6.07 Å². The fraction of sp³-hybridized carbons (Fsp3) is 0.385. The first-order valence-corrected chi connectivity index (χ1v) is 7.03. The lowest BCUT2D eigenvalue weighted by Gasteiger charge is -2.18. The van der Waals surface area contributed by atoms with Crippen LogP contribution in [0.3, 0.4) is 0 Å². The van der Waals surface area contributed by atoms with E-state index >= 15 is 0 Å². The third-order valence-corrected chi connectivity index (χ3v) is 3.92. The van der Waals surface area contributed by atoms with Crippen LogP contribution in [0, 0.1) is 5.82 Å². The van der Waals surface area contributed by atoms with Crippen LogP contribution >= 0.6 is 15.9 Å². The molecule has 1 aromatic heterocycles. The van der Waals surface area contributed by atoms with E-state index in [4.69, 9.17) is 4.52 Å². The fourth-order valence-electron chi connectivity index (χ4n) is 2.24. The van der Waals surface area contributed by atoms with Crippen LogP contribution in [0.25, 0.3) is 11.4 Å². The van der Waals surface area contributed by atoms with Gasteiger partial charge in [-0.1, -0.05) is 5.16 Å². The minimum absolute atomic E-state index is 0.272. The number of nitrogens with zero attached hydrogens (tertiary/aromatic N) is 2. The van der Waals surface area contributed by atoms with Crippen molar-refractivity contribution in [2.75, 3.05) is 13.1 Å². The van der Waals surface area contributed by atoms with Crippen molar-refractivity contribution in [2.45, 2.75) is 18.8 Å². The van der Waals surface area contributed by atoms with E-state index in [1.807, 2.05) is 0 Å². The van der Waals surface area contributed by atoms with Crippen molar-refractivity contribution in [2.24, 2.45) is 0 Å². The minimum Gasteiger partial charge on any atom is -0.339 e. The monoisotopic (exact) mass is 325 g/mol. The molecule has 0 aliphatic carbocycles. The predicted octanol–water partition coefficient (Wildman–Crippen LogP) is 3.11. The van der Waals surface area contributed by atoms with Crippen LogP contribution < -0.4 is 5.32 Å². The van der Waals surface area contributed by atoms with Gasteiger partial charge in [0.2, 0.25) is 11.7 Å². The first kappa shape index (κ1) is 12.7. The Labute approximate surface area is 118 Å². The molecule has 1 saturated heterocycles. The Kier molecular flexibility index (Phi) is 3.61. The van der Waals surface area contributed by atoms with E-state index in [2.05, 4.69) is 31.4 Å². The number of hydrogen-bond donors (Lipinski definition) is 1. The summed E-state index contributed by atoms with van der Waals surface area (Å²) < 4.78 is 19.0. The quantitative estimate of drug-likeness (QED) is 0.921. The molecule has 0 saturated carbocycles. The van der Waals surface area contributed by atoms with Gasteiger partial charge < -0.3 is 9.84 Å². The highest BCUT2D eigenvalue weighted by atomic mass is 79.9. The van der Waals surface area contributed by atoms with Gasteiger partial charge >= 0.3 is 0 Å². The molecular weight excluding hydrogens is 313 g/mol. The SMILES string of the molecule is Fc1ccc(-c2noc(C3CCCNC3)n2)c(Br)c1. The molecule has 0 bridgehead atoms. The number of benzene rings is 1. The van der Waals surface area contributed by atoms with Gasteiger partial charge in [-0.25, -0.2) is 4.39 Å². The maximum absolute atomic E-state index is 13.1. The van der Waals surface area contributed by atoms with Gasteiger partial charge in [0.1, 0.15) is 5.82 Å². The van der Waals surface area contributed by atoms with Gasteiger partial charge in [-0.05, 0) is 53.5 Å². The number of nitrogens with one attached hydrogen (secondary N) is 1. The maximum Gasteiger partial charge on any atom is 0.231 e. The molecule has 2 aromatic rings. The van der Waals surface area contributed by atoms with Crippen molar-refractivity contribution >= 4 is 15.9 Å². The van der Waals surface area contributed by atoms with Crippen LogP contribution in [0.2, 0.25) is 0 Å². The van der Waals surface area contributed by atoms with Gasteiger partial charge in [0.25, 0.3) is 0 Å². The Morgan fingerprint density at radius 2 is 2.32 bits per heavy atom. The van der Waals surface area contributed by atoms with Gasteiger partial charge in [0.15, 0.2) is 0 Å². The molecular formula is C13H13BrFN3O. The van der Waals surface area contributed by atoms with Crippen molar-refractivity contribution in [1.29, 1.82) is 0 Å². The summed E-state index contributed by atoms with van der Waals surface area (Å²) in [6.07, 6.45) is 2.17. The summed E-state index contributed by atoms with van der Waals surface area (Å²) >= 11 is 3.32. The van der Waals surface area contributed by atoms with Gasteiger partial charge in [-0.2, -0.15) is 4.98 Å². The van der Waals surface area contributed by atoms with Crippen molar-refractivity contribution in [1.82, 2.24) is 15.5 Å². The molecule has 1 N–H and O–H groups in total. The Bertz CT molecular complexity index is 581. The normalized spacial score (nSPS) is 19.6. The maximum atomic E-state index is 13.1. The lowest BCUT2D eigenvalue weighted by molar-refractivity contribution is 0.322. The number of rotatable bonds is 2. The Morgan fingerprint density at radius 3 is 3.05 bits per heavy atom. The number of halogens is 2. The highest BCUT2D eigenvalue weighted by Gasteiger charge is 2.22. The summed E-state index contributed by atoms with van der Waals surface area (Å²) in [4.78, 5) is 4.42. The topological polar surface area (TPSA) is 51.0 Å². The summed E-state index contributed by atoms with van der Waals surface area (Å²) in [6.45, 7) is 1.91. The molecule has 1 aliphatic rings. The average molecular weight is 326 g/mol. The number of piperidine rings is 1. The summed E-state index contributed by atoms with van der Waals surface area (Å²) in [5.41, 5.74) is 0.736. The van der Waals surface area contributed by atoms with E-state index < -0.39 is 0 Å². The van der Waals surface area contributed by atoms with Crippen LogP contribution in [0.15, 0.2) is 27.2 Å². The van der Waals surface area contributed by atoms with Crippen molar-refractivity contribution in [3.8, 4) is 11.4 Å². The molecule has 1 aliphatic heterocycles. The molecule has 1 atom stereocenters. The first-order valence-electron chi connectivity index (χ1n) is 6.24. The molecule has 0 radical (unpaired) electrons. The van der Waals surface area contributed by atoms with Gasteiger partial charge in [0, 0.05) is 16.6 Å². The molecule has 100 valence electrons. The second-order valence-corrected chi connectivity index (χ2v) is 5.48. The van der Waals surface area contributed by atoms with Crippen LogP contribution in [0.5, 0.6) is 0 Å². The van der Waals surface area contributed by atoms with E-state index in [0.29, 0.717) is 16.2 Å². The zero-order valence-electron chi connectivity index (χ0n) is 10.2. The molecule has 2 heterocycles. The highest BCUT2D eigenvalue weighted by Crippen LogP contribution is 2.29. The van der Waals surface area contributed by atoms with Crippen molar-refractivity contribution < 1.29 is 8.91 Å². The van der Waals surface area contributed by atoms with Gasteiger partial charge in [0.05, 0.1) is 5.92 Å². The summed E-state index contributed by atoms with van der Waals surface area (Å²) in [7, 11) is 0. The zero-order chi connectivity index (χ0) is 13.2. The second kappa shape index (κ2) is 5.38. The van der Waals surface area contributed by atoms with E-state index in [-0.39, 0.29) is 11.7 Å².